The Morgan fingerprint density at radius 2 is 2.31 bits per heavy atom. The smallest absolute Gasteiger partial charge is 0.335 e. The predicted octanol–water partition coefficient (Wildman–Crippen LogP) is 1.22. The molecule has 2 N–H and O–H groups in total. The predicted molar refractivity (Wildman–Crippen MR) is 56.5 cm³/mol. The zero-order chi connectivity index (χ0) is 11.3. The number of aromatic carboxylic acids is 1. The summed E-state index contributed by atoms with van der Waals surface area (Å²) in [6.07, 6.45) is 0. The quantitative estimate of drug-likeness (QED) is 0.640. The van der Waals surface area contributed by atoms with Crippen molar-refractivity contribution in [3.05, 3.63) is 29.6 Å². The van der Waals surface area contributed by atoms with E-state index >= 15 is 0 Å². The second-order valence-electron chi connectivity index (χ2n) is 3.55. The molecule has 0 unspecified atom stereocenters. The van der Waals surface area contributed by atoms with Gasteiger partial charge in [-0.1, -0.05) is 0 Å². The maximum atomic E-state index is 10.8. The van der Waals surface area contributed by atoms with Gasteiger partial charge in [-0.25, -0.2) is 14.9 Å². The number of aromatic amines is 1. The van der Waals surface area contributed by atoms with Crippen LogP contribution in [-0.4, -0.2) is 30.7 Å². The molecule has 0 amide bonds. The van der Waals surface area contributed by atoms with Crippen molar-refractivity contribution < 1.29 is 9.90 Å². The van der Waals surface area contributed by atoms with Crippen molar-refractivity contribution in [3.63, 3.8) is 0 Å². The molecule has 3 rings (SSSR count). The minimum absolute atomic E-state index is 0.235. The molecule has 0 saturated carbocycles. The minimum atomic E-state index is -0.951. The van der Waals surface area contributed by atoms with Crippen molar-refractivity contribution in [2.45, 2.75) is 6.92 Å². The summed E-state index contributed by atoms with van der Waals surface area (Å²) in [5.74, 6) is 0.462. The van der Waals surface area contributed by atoms with Gasteiger partial charge in [0, 0.05) is 0 Å². The second-order valence-corrected chi connectivity index (χ2v) is 3.55. The first-order valence-corrected chi connectivity index (χ1v) is 4.73. The van der Waals surface area contributed by atoms with Crippen LogP contribution < -0.4 is 0 Å². The van der Waals surface area contributed by atoms with Crippen LogP contribution in [0.5, 0.6) is 0 Å². The average Bonchev–Trinajstić information content (AvgIpc) is 2.77. The summed E-state index contributed by atoms with van der Waals surface area (Å²) in [4.78, 5) is 15.1. The molecular formula is C10H8N4O2. The van der Waals surface area contributed by atoms with Gasteiger partial charge in [0.2, 0.25) is 5.78 Å². The van der Waals surface area contributed by atoms with Crippen LogP contribution in [0.4, 0.5) is 0 Å². The molecule has 80 valence electrons. The number of aromatic nitrogens is 4. The molecule has 3 aromatic rings. The van der Waals surface area contributed by atoms with Gasteiger partial charge in [-0.15, -0.1) is 0 Å². The fraction of sp³-hybridized carbons (Fsp3) is 0.100. The highest BCUT2D eigenvalue weighted by atomic mass is 16.4. The van der Waals surface area contributed by atoms with E-state index in [1.54, 1.807) is 18.2 Å². The van der Waals surface area contributed by atoms with Crippen molar-refractivity contribution >= 4 is 22.8 Å². The van der Waals surface area contributed by atoms with Gasteiger partial charge in [-0.2, -0.15) is 5.10 Å². The van der Waals surface area contributed by atoms with Gasteiger partial charge in [-0.3, -0.25) is 4.40 Å². The topological polar surface area (TPSA) is 83.3 Å². The summed E-state index contributed by atoms with van der Waals surface area (Å²) in [5.41, 5.74) is 1.74. The third-order valence-electron chi connectivity index (χ3n) is 2.54. The van der Waals surface area contributed by atoms with Gasteiger partial charge in [-0.05, 0) is 25.1 Å². The van der Waals surface area contributed by atoms with Crippen molar-refractivity contribution in [1.82, 2.24) is 19.6 Å². The fourth-order valence-electron chi connectivity index (χ4n) is 1.80. The molecule has 2 aromatic heterocycles. The lowest BCUT2D eigenvalue weighted by Crippen LogP contribution is -1.95. The first-order valence-electron chi connectivity index (χ1n) is 4.73. The molecular weight excluding hydrogens is 208 g/mol. The third-order valence-corrected chi connectivity index (χ3v) is 2.54. The number of hydrogen-bond acceptors (Lipinski definition) is 3. The summed E-state index contributed by atoms with van der Waals surface area (Å²) in [7, 11) is 0. The SMILES string of the molecule is Cc1n[nH]c2nc3cc(C(=O)O)ccc3n12. The lowest BCUT2D eigenvalue weighted by Gasteiger charge is -1.94. The number of H-pyrrole nitrogens is 1. The van der Waals surface area contributed by atoms with Crippen LogP contribution >= 0.6 is 0 Å². The van der Waals surface area contributed by atoms with Crippen LogP contribution in [0.3, 0.4) is 0 Å². The van der Waals surface area contributed by atoms with Gasteiger partial charge in [0.15, 0.2) is 0 Å². The van der Waals surface area contributed by atoms with Crippen molar-refractivity contribution in [2.75, 3.05) is 0 Å². The van der Waals surface area contributed by atoms with Crippen molar-refractivity contribution in [3.8, 4) is 0 Å². The number of imidazole rings is 1. The number of hydrogen-bond donors (Lipinski definition) is 2. The largest absolute Gasteiger partial charge is 0.478 e. The molecule has 6 heteroatoms. The Hall–Kier alpha value is -2.37. The van der Waals surface area contributed by atoms with E-state index in [-0.39, 0.29) is 5.56 Å². The lowest BCUT2D eigenvalue weighted by atomic mass is 10.2. The van der Waals surface area contributed by atoms with Crippen LogP contribution in [0.15, 0.2) is 18.2 Å². The number of aryl methyl sites for hydroxylation is 1. The summed E-state index contributed by atoms with van der Waals surface area (Å²) in [6, 6.07) is 4.85. The standard InChI is InChI=1S/C10H8N4O2/c1-5-12-13-10-11-7-4-6(9(15)16)2-3-8(7)14(5)10/h2-4H,1H3,(H,11,13)(H,15,16). The highest BCUT2D eigenvalue weighted by Crippen LogP contribution is 2.18. The Morgan fingerprint density at radius 3 is 3.06 bits per heavy atom. The Kier molecular flexibility index (Phi) is 1.57. The normalized spacial score (nSPS) is 11.3. The molecule has 6 nitrogen and oxygen atoms in total. The van der Waals surface area contributed by atoms with Crippen molar-refractivity contribution in [1.29, 1.82) is 0 Å². The maximum Gasteiger partial charge on any atom is 0.335 e. The van der Waals surface area contributed by atoms with Gasteiger partial charge in [0.1, 0.15) is 5.82 Å². The highest BCUT2D eigenvalue weighted by molar-refractivity contribution is 5.93. The molecule has 0 radical (unpaired) electrons. The Labute approximate surface area is 89.5 Å². The molecule has 1 aromatic carbocycles. The molecule has 0 bridgehead atoms. The number of rotatable bonds is 1. The Balaban J connectivity index is 2.42. The van der Waals surface area contributed by atoms with Gasteiger partial charge in [0.05, 0.1) is 16.6 Å². The number of benzene rings is 1. The minimum Gasteiger partial charge on any atom is -0.478 e. The van der Waals surface area contributed by atoms with Crippen LogP contribution in [0, 0.1) is 6.92 Å². The Bertz CT molecular complexity index is 710. The van der Waals surface area contributed by atoms with Crippen LogP contribution in [0.2, 0.25) is 0 Å². The number of carboxylic acids is 1. The van der Waals surface area contributed by atoms with E-state index in [9.17, 15) is 4.79 Å². The van der Waals surface area contributed by atoms with E-state index in [1.165, 1.54) is 0 Å². The molecule has 16 heavy (non-hydrogen) atoms. The molecule has 2 heterocycles. The zero-order valence-corrected chi connectivity index (χ0v) is 8.43. The molecule has 0 aliphatic rings. The van der Waals surface area contributed by atoms with Gasteiger partial charge < -0.3 is 5.11 Å². The number of fused-ring (bicyclic) bond motifs is 3. The summed E-state index contributed by atoms with van der Waals surface area (Å²) in [6.45, 7) is 1.86. The summed E-state index contributed by atoms with van der Waals surface area (Å²) >= 11 is 0. The summed E-state index contributed by atoms with van der Waals surface area (Å²) < 4.78 is 1.85. The number of carboxylic acid groups (broad SMARTS) is 1. The maximum absolute atomic E-state index is 10.8. The number of carbonyl (C=O) groups is 1. The fourth-order valence-corrected chi connectivity index (χ4v) is 1.80. The lowest BCUT2D eigenvalue weighted by molar-refractivity contribution is 0.0697. The Morgan fingerprint density at radius 1 is 1.50 bits per heavy atom. The second kappa shape index (κ2) is 2.82. The molecule has 0 atom stereocenters. The van der Waals surface area contributed by atoms with E-state index in [4.69, 9.17) is 5.11 Å². The van der Waals surface area contributed by atoms with E-state index in [2.05, 4.69) is 15.2 Å². The first-order chi connectivity index (χ1) is 7.66. The summed E-state index contributed by atoms with van der Waals surface area (Å²) in [5, 5.41) is 15.7. The monoisotopic (exact) mass is 216 g/mol. The van der Waals surface area contributed by atoms with Gasteiger partial charge >= 0.3 is 5.97 Å². The van der Waals surface area contributed by atoms with Crippen molar-refractivity contribution in [2.24, 2.45) is 0 Å². The average molecular weight is 216 g/mol. The number of nitrogens with one attached hydrogen (secondary N) is 1. The molecule has 0 spiro atoms. The number of nitrogens with zero attached hydrogens (tertiary/aromatic N) is 3. The van der Waals surface area contributed by atoms with E-state index in [0.717, 1.165) is 11.3 Å². The first kappa shape index (κ1) is 8.90. The van der Waals surface area contributed by atoms with E-state index in [1.807, 2.05) is 11.3 Å². The van der Waals surface area contributed by atoms with Crippen LogP contribution in [0.25, 0.3) is 16.8 Å². The van der Waals surface area contributed by atoms with E-state index < -0.39 is 5.97 Å². The molecule has 0 aliphatic heterocycles. The zero-order valence-electron chi connectivity index (χ0n) is 8.43. The molecule has 0 saturated heterocycles. The molecule has 0 fully saturated rings. The van der Waals surface area contributed by atoms with Crippen LogP contribution in [0.1, 0.15) is 16.2 Å². The van der Waals surface area contributed by atoms with Crippen LogP contribution in [-0.2, 0) is 0 Å². The van der Waals surface area contributed by atoms with E-state index in [0.29, 0.717) is 11.3 Å². The van der Waals surface area contributed by atoms with Gasteiger partial charge in [0.25, 0.3) is 0 Å². The highest BCUT2D eigenvalue weighted by Gasteiger charge is 2.11. The third kappa shape index (κ3) is 1.04. The molecule has 0 aliphatic carbocycles.